The molecule has 0 atom stereocenters. The van der Waals surface area contributed by atoms with Crippen molar-refractivity contribution >= 4 is 17.7 Å². The molecule has 7 heteroatoms. The number of nitrogens with one attached hydrogen (secondary N) is 2. The number of hydrogen-bond acceptors (Lipinski definition) is 4. The van der Waals surface area contributed by atoms with E-state index in [4.69, 9.17) is 0 Å². The number of pyridine rings is 1. The fourth-order valence-corrected chi connectivity index (χ4v) is 3.55. The molecule has 1 aliphatic rings. The van der Waals surface area contributed by atoms with E-state index in [9.17, 15) is 14.4 Å². The monoisotopic (exact) mass is 394 g/mol. The van der Waals surface area contributed by atoms with Crippen LogP contribution in [0.1, 0.15) is 44.7 Å². The van der Waals surface area contributed by atoms with E-state index in [1.807, 2.05) is 19.9 Å². The standard InChI is InChI=1S/C22H26N4O3/c1-15-11-16(2)13-18(12-15)21(28)24-14-20(27)25-19-5-9-26(10-6-19)22(29)17-3-7-23-8-4-17/h3-4,7-8,11-13,19H,5-6,9-10,14H2,1-2H3,(H,24,28)(H,25,27). The summed E-state index contributed by atoms with van der Waals surface area (Å²) in [4.78, 5) is 42.6. The second-order valence-corrected chi connectivity index (χ2v) is 7.43. The number of benzene rings is 1. The molecule has 0 aliphatic carbocycles. The van der Waals surface area contributed by atoms with Gasteiger partial charge in [0.15, 0.2) is 0 Å². The van der Waals surface area contributed by atoms with Crippen molar-refractivity contribution in [1.29, 1.82) is 0 Å². The highest BCUT2D eigenvalue weighted by atomic mass is 16.2. The van der Waals surface area contributed by atoms with Gasteiger partial charge in [-0.05, 0) is 51.0 Å². The SMILES string of the molecule is Cc1cc(C)cc(C(=O)NCC(=O)NC2CCN(C(=O)c3ccncc3)CC2)c1. The minimum absolute atomic E-state index is 0.00195. The lowest BCUT2D eigenvalue weighted by molar-refractivity contribution is -0.121. The second kappa shape index (κ2) is 9.32. The number of carbonyl (C=O) groups excluding carboxylic acids is 3. The molecule has 1 aromatic heterocycles. The fourth-order valence-electron chi connectivity index (χ4n) is 3.55. The normalized spacial score (nSPS) is 14.3. The number of piperidine rings is 1. The molecule has 1 saturated heterocycles. The van der Waals surface area contributed by atoms with Crippen LogP contribution in [-0.2, 0) is 4.79 Å². The van der Waals surface area contributed by atoms with Crippen LogP contribution >= 0.6 is 0 Å². The maximum Gasteiger partial charge on any atom is 0.253 e. The van der Waals surface area contributed by atoms with E-state index in [0.717, 1.165) is 11.1 Å². The van der Waals surface area contributed by atoms with Gasteiger partial charge in [0.1, 0.15) is 0 Å². The summed E-state index contributed by atoms with van der Waals surface area (Å²) in [5.74, 6) is -0.496. The summed E-state index contributed by atoms with van der Waals surface area (Å²) in [5, 5.41) is 5.62. The largest absolute Gasteiger partial charge is 0.352 e. The number of nitrogens with zero attached hydrogens (tertiary/aromatic N) is 2. The summed E-state index contributed by atoms with van der Waals surface area (Å²) < 4.78 is 0. The first-order valence-electron chi connectivity index (χ1n) is 9.77. The zero-order chi connectivity index (χ0) is 20.8. The zero-order valence-electron chi connectivity index (χ0n) is 16.8. The minimum Gasteiger partial charge on any atom is -0.352 e. The van der Waals surface area contributed by atoms with Crippen LogP contribution in [-0.4, -0.2) is 53.3 Å². The topological polar surface area (TPSA) is 91.4 Å². The van der Waals surface area contributed by atoms with Crippen molar-refractivity contribution in [3.8, 4) is 0 Å². The van der Waals surface area contributed by atoms with Crippen LogP contribution in [0.5, 0.6) is 0 Å². The quantitative estimate of drug-likeness (QED) is 0.810. The Balaban J connectivity index is 1.43. The zero-order valence-corrected chi connectivity index (χ0v) is 16.8. The fraction of sp³-hybridized carbons (Fsp3) is 0.364. The van der Waals surface area contributed by atoms with Crippen LogP contribution in [0.3, 0.4) is 0 Å². The van der Waals surface area contributed by atoms with Crippen molar-refractivity contribution < 1.29 is 14.4 Å². The van der Waals surface area contributed by atoms with Crippen molar-refractivity contribution in [1.82, 2.24) is 20.5 Å². The van der Waals surface area contributed by atoms with Crippen molar-refractivity contribution in [2.75, 3.05) is 19.6 Å². The number of likely N-dealkylation sites (tertiary alicyclic amines) is 1. The highest BCUT2D eigenvalue weighted by molar-refractivity contribution is 5.97. The van der Waals surface area contributed by atoms with Gasteiger partial charge in [-0.2, -0.15) is 0 Å². The number of hydrogen-bond donors (Lipinski definition) is 2. The Kier molecular flexibility index (Phi) is 6.59. The van der Waals surface area contributed by atoms with Crippen LogP contribution in [0.15, 0.2) is 42.7 Å². The van der Waals surface area contributed by atoms with E-state index in [2.05, 4.69) is 15.6 Å². The van der Waals surface area contributed by atoms with E-state index >= 15 is 0 Å². The summed E-state index contributed by atoms with van der Waals surface area (Å²) in [7, 11) is 0. The molecule has 3 rings (SSSR count). The first-order chi connectivity index (χ1) is 13.9. The molecule has 2 aromatic rings. The first kappa shape index (κ1) is 20.5. The van der Waals surface area contributed by atoms with E-state index in [1.54, 1.807) is 41.6 Å². The molecule has 0 saturated carbocycles. The van der Waals surface area contributed by atoms with Crippen LogP contribution in [0.4, 0.5) is 0 Å². The molecule has 0 unspecified atom stereocenters. The van der Waals surface area contributed by atoms with Gasteiger partial charge >= 0.3 is 0 Å². The number of carbonyl (C=O) groups is 3. The Morgan fingerprint density at radius 3 is 2.24 bits per heavy atom. The minimum atomic E-state index is -0.260. The molecule has 3 amide bonds. The van der Waals surface area contributed by atoms with Crippen molar-refractivity contribution in [3.63, 3.8) is 0 Å². The molecule has 152 valence electrons. The first-order valence-corrected chi connectivity index (χ1v) is 9.77. The highest BCUT2D eigenvalue weighted by Gasteiger charge is 2.24. The van der Waals surface area contributed by atoms with Gasteiger partial charge < -0.3 is 15.5 Å². The van der Waals surface area contributed by atoms with Gasteiger partial charge in [-0.3, -0.25) is 19.4 Å². The molecule has 0 spiro atoms. The highest BCUT2D eigenvalue weighted by Crippen LogP contribution is 2.14. The van der Waals surface area contributed by atoms with E-state index in [0.29, 0.717) is 37.1 Å². The summed E-state index contributed by atoms with van der Waals surface area (Å²) in [6.07, 6.45) is 4.58. The molecule has 0 radical (unpaired) electrons. The predicted octanol–water partition coefficient (Wildman–Crippen LogP) is 1.85. The van der Waals surface area contributed by atoms with E-state index in [-0.39, 0.29) is 30.3 Å². The van der Waals surface area contributed by atoms with Gasteiger partial charge in [0.05, 0.1) is 6.54 Å². The molecule has 1 aliphatic heterocycles. The van der Waals surface area contributed by atoms with E-state index in [1.165, 1.54) is 0 Å². The number of rotatable bonds is 5. The Bertz CT molecular complexity index is 870. The number of amides is 3. The third-order valence-corrected chi connectivity index (χ3v) is 4.97. The average molecular weight is 394 g/mol. The maximum absolute atomic E-state index is 12.5. The lowest BCUT2D eigenvalue weighted by Crippen LogP contribution is -2.48. The van der Waals surface area contributed by atoms with Crippen molar-refractivity contribution in [2.45, 2.75) is 32.7 Å². The molecule has 0 bridgehead atoms. The molecule has 1 fully saturated rings. The van der Waals surface area contributed by atoms with Crippen LogP contribution < -0.4 is 10.6 Å². The molecule has 7 nitrogen and oxygen atoms in total. The van der Waals surface area contributed by atoms with Gasteiger partial charge in [-0.25, -0.2) is 0 Å². The number of aryl methyl sites for hydroxylation is 2. The van der Waals surface area contributed by atoms with E-state index < -0.39 is 0 Å². The third kappa shape index (κ3) is 5.63. The predicted molar refractivity (Wildman–Crippen MR) is 110 cm³/mol. The van der Waals surface area contributed by atoms with Crippen molar-refractivity contribution in [2.24, 2.45) is 0 Å². The lowest BCUT2D eigenvalue weighted by Gasteiger charge is -2.32. The third-order valence-electron chi connectivity index (χ3n) is 4.97. The second-order valence-electron chi connectivity index (χ2n) is 7.43. The van der Waals surface area contributed by atoms with Crippen LogP contribution in [0, 0.1) is 13.8 Å². The molecule has 2 N–H and O–H groups in total. The van der Waals surface area contributed by atoms with Gasteiger partial charge in [0.2, 0.25) is 5.91 Å². The lowest BCUT2D eigenvalue weighted by atomic mass is 10.0. The van der Waals surface area contributed by atoms with Gasteiger partial charge in [-0.1, -0.05) is 17.2 Å². The Labute approximate surface area is 170 Å². The smallest absolute Gasteiger partial charge is 0.253 e. The average Bonchev–Trinajstić information content (AvgIpc) is 2.72. The van der Waals surface area contributed by atoms with Gasteiger partial charge in [0, 0.05) is 42.7 Å². The molecule has 2 heterocycles. The molecular formula is C22H26N4O3. The Hall–Kier alpha value is -3.22. The summed E-state index contributed by atoms with van der Waals surface area (Å²) in [6.45, 7) is 4.97. The van der Waals surface area contributed by atoms with Gasteiger partial charge in [0.25, 0.3) is 11.8 Å². The Morgan fingerprint density at radius 1 is 1.00 bits per heavy atom. The maximum atomic E-state index is 12.5. The number of aromatic nitrogens is 1. The summed E-state index contributed by atoms with van der Waals surface area (Å²) in [6, 6.07) is 9.01. The molecular weight excluding hydrogens is 368 g/mol. The summed E-state index contributed by atoms with van der Waals surface area (Å²) in [5.41, 5.74) is 3.19. The molecule has 29 heavy (non-hydrogen) atoms. The van der Waals surface area contributed by atoms with Crippen molar-refractivity contribution in [3.05, 3.63) is 65.0 Å². The molecule has 1 aromatic carbocycles. The van der Waals surface area contributed by atoms with Crippen LogP contribution in [0.2, 0.25) is 0 Å². The van der Waals surface area contributed by atoms with Crippen LogP contribution in [0.25, 0.3) is 0 Å². The van der Waals surface area contributed by atoms with Gasteiger partial charge in [-0.15, -0.1) is 0 Å². The summed E-state index contributed by atoms with van der Waals surface area (Å²) >= 11 is 0. The Morgan fingerprint density at radius 2 is 1.62 bits per heavy atom.